The molecule has 2 aromatic rings. The van der Waals surface area contributed by atoms with Gasteiger partial charge >= 0.3 is 0 Å². The summed E-state index contributed by atoms with van der Waals surface area (Å²) >= 11 is 0. The van der Waals surface area contributed by atoms with Crippen LogP contribution in [0, 0.1) is 13.8 Å². The predicted octanol–water partition coefficient (Wildman–Crippen LogP) is 1.21. The van der Waals surface area contributed by atoms with Gasteiger partial charge in [0.2, 0.25) is 5.91 Å². The summed E-state index contributed by atoms with van der Waals surface area (Å²) in [6.07, 6.45) is 2.85. The number of rotatable bonds is 5. The van der Waals surface area contributed by atoms with E-state index in [4.69, 9.17) is 0 Å². The second-order valence-electron chi connectivity index (χ2n) is 4.96. The number of hydrogen-bond acceptors (Lipinski definition) is 3. The molecule has 0 saturated heterocycles. The molecule has 21 heavy (non-hydrogen) atoms. The highest BCUT2D eigenvalue weighted by atomic mass is 16.2. The molecule has 0 radical (unpaired) electrons. The van der Waals surface area contributed by atoms with Crippen LogP contribution >= 0.6 is 0 Å². The predicted molar refractivity (Wildman–Crippen MR) is 80.3 cm³/mol. The minimum Gasteiger partial charge on any atom is -0.359 e. The zero-order valence-electron chi connectivity index (χ0n) is 12.6. The number of imidazole rings is 1. The molecule has 6 heteroatoms. The Bertz CT molecular complexity index is 676. The lowest BCUT2D eigenvalue weighted by Gasteiger charge is -2.06. The molecule has 2 heterocycles. The van der Waals surface area contributed by atoms with Gasteiger partial charge in [0.05, 0.1) is 5.69 Å². The SMILES string of the molecule is CNC(=O)CCCNC(=O)c1c(C)nc2c(C)cccn12. The van der Waals surface area contributed by atoms with E-state index in [1.165, 1.54) is 0 Å². The fraction of sp³-hybridized carbons (Fsp3) is 0.400. The first-order valence-corrected chi connectivity index (χ1v) is 6.97. The lowest BCUT2D eigenvalue weighted by Crippen LogP contribution is -2.27. The average Bonchev–Trinajstić information content (AvgIpc) is 2.81. The monoisotopic (exact) mass is 288 g/mol. The van der Waals surface area contributed by atoms with Crippen molar-refractivity contribution in [2.24, 2.45) is 0 Å². The van der Waals surface area contributed by atoms with Crippen molar-refractivity contribution in [1.82, 2.24) is 20.0 Å². The third kappa shape index (κ3) is 3.21. The van der Waals surface area contributed by atoms with Crippen LogP contribution in [-0.2, 0) is 4.79 Å². The normalized spacial score (nSPS) is 10.6. The Kier molecular flexibility index (Phi) is 4.57. The lowest BCUT2D eigenvalue weighted by atomic mass is 10.2. The van der Waals surface area contributed by atoms with Crippen molar-refractivity contribution in [1.29, 1.82) is 0 Å². The third-order valence-electron chi connectivity index (χ3n) is 3.38. The number of nitrogens with one attached hydrogen (secondary N) is 2. The van der Waals surface area contributed by atoms with Crippen LogP contribution in [0.25, 0.3) is 5.65 Å². The first kappa shape index (κ1) is 15.0. The van der Waals surface area contributed by atoms with Crippen LogP contribution in [0.2, 0.25) is 0 Å². The molecule has 112 valence electrons. The van der Waals surface area contributed by atoms with E-state index in [0.717, 1.165) is 11.2 Å². The summed E-state index contributed by atoms with van der Waals surface area (Å²) < 4.78 is 1.80. The highest BCUT2D eigenvalue weighted by Crippen LogP contribution is 2.15. The largest absolute Gasteiger partial charge is 0.359 e. The van der Waals surface area contributed by atoms with E-state index >= 15 is 0 Å². The Balaban J connectivity index is 2.08. The van der Waals surface area contributed by atoms with Crippen LogP contribution in [0.5, 0.6) is 0 Å². The molecule has 0 saturated carbocycles. The van der Waals surface area contributed by atoms with Gasteiger partial charge in [-0.15, -0.1) is 0 Å². The third-order valence-corrected chi connectivity index (χ3v) is 3.38. The molecular weight excluding hydrogens is 268 g/mol. The minimum atomic E-state index is -0.164. The molecule has 2 amide bonds. The molecule has 0 bridgehead atoms. The van der Waals surface area contributed by atoms with E-state index in [1.54, 1.807) is 11.4 Å². The topological polar surface area (TPSA) is 75.5 Å². The van der Waals surface area contributed by atoms with Crippen molar-refractivity contribution >= 4 is 17.5 Å². The fourth-order valence-corrected chi connectivity index (χ4v) is 2.25. The maximum absolute atomic E-state index is 12.3. The van der Waals surface area contributed by atoms with E-state index in [-0.39, 0.29) is 11.8 Å². The summed E-state index contributed by atoms with van der Waals surface area (Å²) in [5.74, 6) is -0.187. The lowest BCUT2D eigenvalue weighted by molar-refractivity contribution is -0.120. The second kappa shape index (κ2) is 6.39. The van der Waals surface area contributed by atoms with Crippen LogP contribution in [-0.4, -0.2) is 34.8 Å². The Morgan fingerprint density at radius 2 is 2.10 bits per heavy atom. The zero-order valence-corrected chi connectivity index (χ0v) is 12.6. The summed E-state index contributed by atoms with van der Waals surface area (Å²) in [7, 11) is 1.60. The molecule has 2 N–H and O–H groups in total. The van der Waals surface area contributed by atoms with E-state index in [2.05, 4.69) is 15.6 Å². The molecule has 0 fully saturated rings. The first-order valence-electron chi connectivity index (χ1n) is 6.97. The molecule has 0 spiro atoms. The molecule has 0 aliphatic carbocycles. The highest BCUT2D eigenvalue weighted by molar-refractivity contribution is 5.94. The maximum atomic E-state index is 12.3. The highest BCUT2D eigenvalue weighted by Gasteiger charge is 2.16. The van der Waals surface area contributed by atoms with Gasteiger partial charge in [-0.05, 0) is 31.9 Å². The number of nitrogens with zero attached hydrogens (tertiary/aromatic N) is 2. The van der Waals surface area contributed by atoms with Crippen molar-refractivity contribution in [3.63, 3.8) is 0 Å². The van der Waals surface area contributed by atoms with E-state index < -0.39 is 0 Å². The van der Waals surface area contributed by atoms with Crippen molar-refractivity contribution in [3.8, 4) is 0 Å². The summed E-state index contributed by atoms with van der Waals surface area (Å²) in [6.45, 7) is 4.25. The fourth-order valence-electron chi connectivity index (χ4n) is 2.25. The van der Waals surface area contributed by atoms with Gasteiger partial charge in [-0.3, -0.25) is 14.0 Å². The molecule has 0 aliphatic rings. The van der Waals surface area contributed by atoms with Gasteiger partial charge in [-0.25, -0.2) is 4.98 Å². The first-order chi connectivity index (χ1) is 10.0. The van der Waals surface area contributed by atoms with Gasteiger partial charge in [0, 0.05) is 26.2 Å². The second-order valence-corrected chi connectivity index (χ2v) is 4.96. The maximum Gasteiger partial charge on any atom is 0.270 e. The van der Waals surface area contributed by atoms with Crippen molar-refractivity contribution < 1.29 is 9.59 Å². The molecule has 0 aliphatic heterocycles. The zero-order chi connectivity index (χ0) is 15.4. The smallest absolute Gasteiger partial charge is 0.270 e. The Hall–Kier alpha value is -2.37. The molecule has 0 atom stereocenters. The van der Waals surface area contributed by atoms with E-state index in [0.29, 0.717) is 30.8 Å². The van der Waals surface area contributed by atoms with Gasteiger partial charge in [-0.1, -0.05) is 6.07 Å². The molecule has 6 nitrogen and oxygen atoms in total. The average molecular weight is 288 g/mol. The number of amides is 2. The van der Waals surface area contributed by atoms with Gasteiger partial charge in [0.15, 0.2) is 0 Å². The standard InChI is InChI=1S/C15H20N4O2/c1-10-6-5-9-19-13(11(2)18-14(10)19)15(21)17-8-4-7-12(20)16-3/h5-6,9H,4,7-8H2,1-3H3,(H,16,20)(H,17,21). The number of aromatic nitrogens is 2. The van der Waals surface area contributed by atoms with Gasteiger partial charge < -0.3 is 10.6 Å². The number of hydrogen-bond donors (Lipinski definition) is 2. The van der Waals surface area contributed by atoms with E-state index in [1.807, 2.05) is 32.2 Å². The Morgan fingerprint density at radius 1 is 1.33 bits per heavy atom. The van der Waals surface area contributed by atoms with E-state index in [9.17, 15) is 9.59 Å². The van der Waals surface area contributed by atoms with Gasteiger partial charge in [0.1, 0.15) is 11.3 Å². The summed E-state index contributed by atoms with van der Waals surface area (Å²) in [4.78, 5) is 27.8. The quantitative estimate of drug-likeness (QED) is 0.812. The number of pyridine rings is 1. The summed E-state index contributed by atoms with van der Waals surface area (Å²) in [5.41, 5.74) is 3.08. The Labute approximate surface area is 123 Å². The molecule has 2 rings (SSSR count). The number of carbonyl (C=O) groups is 2. The van der Waals surface area contributed by atoms with Crippen molar-refractivity contribution in [2.45, 2.75) is 26.7 Å². The van der Waals surface area contributed by atoms with Crippen LogP contribution in [0.1, 0.15) is 34.6 Å². The van der Waals surface area contributed by atoms with Crippen molar-refractivity contribution in [3.05, 3.63) is 35.3 Å². The molecule has 0 unspecified atom stereocenters. The van der Waals surface area contributed by atoms with Gasteiger partial charge in [0.25, 0.3) is 5.91 Å². The Morgan fingerprint density at radius 3 is 2.81 bits per heavy atom. The van der Waals surface area contributed by atoms with Crippen LogP contribution in [0.3, 0.4) is 0 Å². The number of carbonyl (C=O) groups excluding carboxylic acids is 2. The molecule has 0 aromatic carbocycles. The number of fused-ring (bicyclic) bond motifs is 1. The van der Waals surface area contributed by atoms with Crippen molar-refractivity contribution in [2.75, 3.05) is 13.6 Å². The van der Waals surface area contributed by atoms with Gasteiger partial charge in [-0.2, -0.15) is 0 Å². The summed E-state index contributed by atoms with van der Waals surface area (Å²) in [5, 5.41) is 5.39. The summed E-state index contributed by atoms with van der Waals surface area (Å²) in [6, 6.07) is 3.86. The van der Waals surface area contributed by atoms with Crippen LogP contribution < -0.4 is 10.6 Å². The number of aryl methyl sites for hydroxylation is 2. The molecule has 2 aromatic heterocycles. The minimum absolute atomic E-state index is 0.0224. The van der Waals surface area contributed by atoms with Crippen LogP contribution in [0.4, 0.5) is 0 Å². The molecular formula is C15H20N4O2. The van der Waals surface area contributed by atoms with Crippen LogP contribution in [0.15, 0.2) is 18.3 Å².